The van der Waals surface area contributed by atoms with Gasteiger partial charge >= 0.3 is 0 Å². The summed E-state index contributed by atoms with van der Waals surface area (Å²) < 4.78 is 0. The highest BCUT2D eigenvalue weighted by molar-refractivity contribution is 5.45. The van der Waals surface area contributed by atoms with Gasteiger partial charge in [0.15, 0.2) is 0 Å². The zero-order valence-corrected chi connectivity index (χ0v) is 14.1. The third-order valence-electron chi connectivity index (χ3n) is 5.22. The van der Waals surface area contributed by atoms with E-state index < -0.39 is 0 Å². The smallest absolute Gasteiger partial charge is 0.0825 e. The number of hydrogen-bond donors (Lipinski definition) is 0. The molecule has 22 heavy (non-hydrogen) atoms. The van der Waals surface area contributed by atoms with Crippen molar-refractivity contribution in [2.24, 2.45) is 11.3 Å². The van der Waals surface area contributed by atoms with Crippen molar-refractivity contribution in [2.45, 2.75) is 65.2 Å². The van der Waals surface area contributed by atoms with Crippen LogP contribution in [0.25, 0.3) is 0 Å². The maximum absolute atomic E-state index is 9.97. The highest BCUT2D eigenvalue weighted by Gasteiger charge is 2.38. The van der Waals surface area contributed by atoms with E-state index in [1.54, 1.807) is 0 Å². The molecule has 0 aromatic carbocycles. The van der Waals surface area contributed by atoms with Crippen LogP contribution in [0.5, 0.6) is 0 Å². The minimum absolute atomic E-state index is 0.264. The summed E-state index contributed by atoms with van der Waals surface area (Å²) >= 11 is 0. The molecule has 0 radical (unpaired) electrons. The van der Waals surface area contributed by atoms with Crippen LogP contribution >= 0.6 is 0 Å². The Labute approximate surface area is 136 Å². The van der Waals surface area contributed by atoms with Gasteiger partial charge in [0.1, 0.15) is 0 Å². The molecule has 1 saturated carbocycles. The molecule has 0 amide bonds. The molecular weight excluding hydrogens is 266 g/mol. The van der Waals surface area contributed by atoms with Crippen molar-refractivity contribution in [3.63, 3.8) is 0 Å². The molecule has 0 heterocycles. The Morgan fingerprint density at radius 3 is 2.68 bits per heavy atom. The maximum atomic E-state index is 9.97. The fourth-order valence-corrected chi connectivity index (χ4v) is 3.85. The Bertz CT molecular complexity index is 517. The average Bonchev–Trinajstić information content (AvgIpc) is 2.59. The Balaban J connectivity index is 2.21. The van der Waals surface area contributed by atoms with Gasteiger partial charge in [0.2, 0.25) is 0 Å². The van der Waals surface area contributed by atoms with Crippen LogP contribution in [-0.4, -0.2) is 0 Å². The summed E-state index contributed by atoms with van der Waals surface area (Å²) in [7, 11) is 0. The molecule has 1 fully saturated rings. The number of unbranched alkanes of at least 4 members (excludes halogenated alkanes) is 1. The highest BCUT2D eigenvalue weighted by atomic mass is 14.4. The summed E-state index contributed by atoms with van der Waals surface area (Å²) in [6, 6.07) is 2.71. The molecule has 0 saturated heterocycles. The first-order valence-electron chi connectivity index (χ1n) is 8.86. The summed E-state index contributed by atoms with van der Waals surface area (Å²) in [6.07, 6.45) is 22.2. The molecule has 0 aromatic rings. The van der Waals surface area contributed by atoms with Crippen LogP contribution in [0.15, 0.2) is 47.6 Å². The van der Waals surface area contributed by atoms with Gasteiger partial charge in [-0.05, 0) is 56.1 Å². The Morgan fingerprint density at radius 2 is 2.14 bits per heavy atom. The lowest BCUT2D eigenvalue weighted by atomic mass is 9.65. The molecule has 0 atom stereocenters. The van der Waals surface area contributed by atoms with Gasteiger partial charge in [-0.15, -0.1) is 0 Å². The van der Waals surface area contributed by atoms with E-state index in [-0.39, 0.29) is 5.41 Å². The van der Waals surface area contributed by atoms with E-state index in [4.69, 9.17) is 0 Å². The van der Waals surface area contributed by atoms with Crippen molar-refractivity contribution in [1.82, 2.24) is 0 Å². The highest BCUT2D eigenvalue weighted by Crippen LogP contribution is 2.47. The normalized spacial score (nSPS) is 30.5. The molecular formula is C21H29N. The number of nitriles is 1. The van der Waals surface area contributed by atoms with Gasteiger partial charge in [0, 0.05) is 0 Å². The fourth-order valence-electron chi connectivity index (χ4n) is 3.85. The van der Waals surface area contributed by atoms with Crippen molar-refractivity contribution in [3.8, 4) is 6.07 Å². The third kappa shape index (κ3) is 3.80. The molecule has 1 nitrogen and oxygen atoms in total. The van der Waals surface area contributed by atoms with E-state index in [0.717, 1.165) is 25.2 Å². The van der Waals surface area contributed by atoms with Crippen molar-refractivity contribution >= 4 is 0 Å². The summed E-state index contributed by atoms with van der Waals surface area (Å²) in [5.74, 6) is 0.833. The topological polar surface area (TPSA) is 23.8 Å². The van der Waals surface area contributed by atoms with Crippen LogP contribution in [0.4, 0.5) is 0 Å². The van der Waals surface area contributed by atoms with E-state index in [1.807, 2.05) is 0 Å². The van der Waals surface area contributed by atoms with Gasteiger partial charge in [-0.1, -0.05) is 62.6 Å². The maximum Gasteiger partial charge on any atom is 0.0825 e. The summed E-state index contributed by atoms with van der Waals surface area (Å²) in [5.41, 5.74) is 2.33. The molecule has 2 rings (SSSR count). The second kappa shape index (κ2) is 8.18. The summed E-state index contributed by atoms with van der Waals surface area (Å²) in [5, 5.41) is 9.97. The van der Waals surface area contributed by atoms with Crippen molar-refractivity contribution in [1.29, 1.82) is 5.26 Å². The third-order valence-corrected chi connectivity index (χ3v) is 5.22. The van der Waals surface area contributed by atoms with E-state index in [1.165, 1.54) is 43.3 Å². The van der Waals surface area contributed by atoms with E-state index in [9.17, 15) is 5.26 Å². The van der Waals surface area contributed by atoms with Crippen molar-refractivity contribution < 1.29 is 0 Å². The number of nitrogens with zero attached hydrogens (tertiary/aromatic N) is 1. The Hall–Kier alpha value is -1.55. The molecule has 0 aliphatic heterocycles. The molecule has 118 valence electrons. The minimum atomic E-state index is -0.264. The first-order chi connectivity index (χ1) is 10.8. The first kappa shape index (κ1) is 16.8. The monoisotopic (exact) mass is 295 g/mol. The van der Waals surface area contributed by atoms with Gasteiger partial charge in [0.25, 0.3) is 0 Å². The molecule has 0 N–H and O–H groups in total. The van der Waals surface area contributed by atoms with Gasteiger partial charge < -0.3 is 0 Å². The lowest BCUT2D eigenvalue weighted by molar-refractivity contribution is 0.235. The standard InChI is InChI=1S/C21H29N/c1-3-5-10-18-13-15-21(17-22,16-14-18)20(9-4-2)19-11-7-6-8-12-19/h4,6-9,11,18H,3,5,10,12-16H2,1-2H3/b9-4-,20-19+. The zero-order chi connectivity index (χ0) is 15.8. The molecule has 0 spiro atoms. The van der Waals surface area contributed by atoms with Crippen LogP contribution < -0.4 is 0 Å². The van der Waals surface area contributed by atoms with Gasteiger partial charge in [-0.2, -0.15) is 5.26 Å². The van der Waals surface area contributed by atoms with Crippen LogP contribution in [0.1, 0.15) is 65.2 Å². The molecule has 1 heteroatoms. The summed E-state index contributed by atoms with van der Waals surface area (Å²) in [4.78, 5) is 0. The average molecular weight is 295 g/mol. The lowest BCUT2D eigenvalue weighted by Crippen LogP contribution is -2.28. The lowest BCUT2D eigenvalue weighted by Gasteiger charge is -2.37. The molecule has 0 aromatic heterocycles. The predicted octanol–water partition coefficient (Wildman–Crippen LogP) is 6.27. The van der Waals surface area contributed by atoms with E-state index in [2.05, 4.69) is 56.4 Å². The minimum Gasteiger partial charge on any atom is -0.197 e. The van der Waals surface area contributed by atoms with E-state index >= 15 is 0 Å². The predicted molar refractivity (Wildman–Crippen MR) is 94.3 cm³/mol. The van der Waals surface area contributed by atoms with Crippen LogP contribution in [0.3, 0.4) is 0 Å². The number of allylic oxidation sites excluding steroid dienone is 8. The fraction of sp³-hybridized carbons (Fsp3) is 0.571. The van der Waals surface area contributed by atoms with Crippen molar-refractivity contribution in [3.05, 3.63) is 47.6 Å². The van der Waals surface area contributed by atoms with Gasteiger partial charge in [-0.25, -0.2) is 0 Å². The first-order valence-corrected chi connectivity index (χ1v) is 8.86. The Morgan fingerprint density at radius 1 is 1.36 bits per heavy atom. The SMILES string of the molecule is C/C=C\C(=C1\C=CC=CC1)C1(C#N)CCC(CCCC)CC1. The molecule has 2 aliphatic rings. The van der Waals surface area contributed by atoms with Gasteiger partial charge in [0.05, 0.1) is 11.5 Å². The zero-order valence-electron chi connectivity index (χ0n) is 14.1. The Kier molecular flexibility index (Phi) is 6.25. The summed E-state index contributed by atoms with van der Waals surface area (Å²) in [6.45, 7) is 4.32. The number of hydrogen-bond acceptors (Lipinski definition) is 1. The van der Waals surface area contributed by atoms with Crippen LogP contribution in [0, 0.1) is 22.7 Å². The van der Waals surface area contributed by atoms with Crippen LogP contribution in [0.2, 0.25) is 0 Å². The molecule has 0 unspecified atom stereocenters. The van der Waals surface area contributed by atoms with E-state index in [0.29, 0.717) is 0 Å². The van der Waals surface area contributed by atoms with Crippen LogP contribution in [-0.2, 0) is 0 Å². The van der Waals surface area contributed by atoms with Crippen molar-refractivity contribution in [2.75, 3.05) is 0 Å². The molecule has 0 bridgehead atoms. The largest absolute Gasteiger partial charge is 0.197 e. The second-order valence-electron chi connectivity index (χ2n) is 6.71. The number of rotatable bonds is 5. The molecule has 2 aliphatic carbocycles. The second-order valence-corrected chi connectivity index (χ2v) is 6.71. The quantitative estimate of drug-likeness (QED) is 0.586. The van der Waals surface area contributed by atoms with Gasteiger partial charge in [-0.3, -0.25) is 0 Å².